The lowest BCUT2D eigenvalue weighted by Crippen LogP contribution is -2.40. The van der Waals surface area contributed by atoms with Gasteiger partial charge in [0.15, 0.2) is 16.3 Å². The van der Waals surface area contributed by atoms with Crippen LogP contribution in [0.5, 0.6) is 23.0 Å². The molecule has 0 aliphatic carbocycles. The van der Waals surface area contributed by atoms with Crippen molar-refractivity contribution in [3.63, 3.8) is 0 Å². The molecule has 1 aromatic heterocycles. The lowest BCUT2D eigenvalue weighted by molar-refractivity contribution is -0.139. The summed E-state index contributed by atoms with van der Waals surface area (Å²) in [4.78, 5) is 32.4. The summed E-state index contributed by atoms with van der Waals surface area (Å²) in [5.74, 6) is 1.63. The molecule has 0 spiro atoms. The highest BCUT2D eigenvalue weighted by atomic mass is 32.1. The van der Waals surface area contributed by atoms with Gasteiger partial charge in [0.05, 0.1) is 43.7 Å². The van der Waals surface area contributed by atoms with Crippen LogP contribution in [0.15, 0.2) is 87.8 Å². The number of hydrogen-bond donors (Lipinski definition) is 0. The summed E-state index contributed by atoms with van der Waals surface area (Å²) in [6, 6.07) is 19.8. The molecule has 4 aromatic rings. The van der Waals surface area contributed by atoms with Crippen LogP contribution >= 0.6 is 11.3 Å². The number of aromatic nitrogens is 1. The van der Waals surface area contributed by atoms with E-state index >= 15 is 0 Å². The minimum Gasteiger partial charge on any atom is -0.497 e. The van der Waals surface area contributed by atoms with Gasteiger partial charge in [0, 0.05) is 11.6 Å². The Balaban J connectivity index is 1.59. The summed E-state index contributed by atoms with van der Waals surface area (Å²) in [5.41, 5.74) is 2.82. The van der Waals surface area contributed by atoms with E-state index in [0.29, 0.717) is 50.2 Å². The minimum absolute atomic E-state index is 0.180. The average molecular weight is 601 g/mol. The molecule has 0 saturated heterocycles. The van der Waals surface area contributed by atoms with Gasteiger partial charge < -0.3 is 23.7 Å². The number of carbonyl (C=O) groups excluding carboxylic acids is 1. The van der Waals surface area contributed by atoms with E-state index in [1.165, 1.54) is 23.0 Å². The number of allylic oxidation sites excluding steroid dienone is 1. The Hall–Kier alpha value is -4.83. The highest BCUT2D eigenvalue weighted by Gasteiger charge is 2.35. The van der Waals surface area contributed by atoms with Gasteiger partial charge in [-0.05, 0) is 55.3 Å². The van der Waals surface area contributed by atoms with E-state index in [1.54, 1.807) is 52.3 Å². The first kappa shape index (κ1) is 29.7. The van der Waals surface area contributed by atoms with Crippen molar-refractivity contribution >= 4 is 23.4 Å². The van der Waals surface area contributed by atoms with Gasteiger partial charge in [-0.1, -0.05) is 47.7 Å². The Bertz CT molecular complexity index is 1860. The van der Waals surface area contributed by atoms with Crippen LogP contribution in [0.3, 0.4) is 0 Å². The van der Waals surface area contributed by atoms with Gasteiger partial charge in [0.2, 0.25) is 0 Å². The first-order chi connectivity index (χ1) is 20.9. The van der Waals surface area contributed by atoms with E-state index in [2.05, 4.69) is 4.99 Å². The molecule has 5 rings (SSSR count). The molecule has 9 nitrogen and oxygen atoms in total. The molecule has 0 radical (unpaired) electrons. The van der Waals surface area contributed by atoms with Crippen LogP contribution in [-0.4, -0.2) is 38.5 Å². The van der Waals surface area contributed by atoms with E-state index in [0.717, 1.165) is 11.1 Å². The fourth-order valence-corrected chi connectivity index (χ4v) is 5.96. The average Bonchev–Trinajstić information content (AvgIpc) is 3.33. The van der Waals surface area contributed by atoms with Gasteiger partial charge >= 0.3 is 5.97 Å². The molecule has 10 heteroatoms. The molecule has 0 saturated carbocycles. The second-order valence-corrected chi connectivity index (χ2v) is 10.6. The fourth-order valence-electron chi connectivity index (χ4n) is 4.91. The second-order valence-electron chi connectivity index (χ2n) is 9.59. The molecule has 1 unspecified atom stereocenters. The number of esters is 1. The molecule has 0 fully saturated rings. The van der Waals surface area contributed by atoms with Gasteiger partial charge in [0.25, 0.3) is 5.56 Å². The zero-order valence-electron chi connectivity index (χ0n) is 24.6. The number of nitrogens with zero attached hydrogens (tertiary/aromatic N) is 2. The number of rotatable bonds is 10. The number of methoxy groups -OCH3 is 3. The summed E-state index contributed by atoms with van der Waals surface area (Å²) >= 11 is 1.24. The summed E-state index contributed by atoms with van der Waals surface area (Å²) in [6.45, 7) is 4.05. The summed E-state index contributed by atoms with van der Waals surface area (Å²) in [7, 11) is 4.66. The third-order valence-corrected chi connectivity index (χ3v) is 7.96. The van der Waals surface area contributed by atoms with Crippen LogP contribution in [0.2, 0.25) is 0 Å². The normalized spacial score (nSPS) is 14.5. The number of fused-ring (bicyclic) bond motifs is 1. The van der Waals surface area contributed by atoms with Gasteiger partial charge in [-0.15, -0.1) is 0 Å². The molecule has 2 heterocycles. The van der Waals surface area contributed by atoms with Crippen molar-refractivity contribution in [2.45, 2.75) is 26.5 Å². The number of benzene rings is 3. The monoisotopic (exact) mass is 600 g/mol. The van der Waals surface area contributed by atoms with E-state index in [-0.39, 0.29) is 17.7 Å². The van der Waals surface area contributed by atoms with Crippen LogP contribution in [-0.2, 0) is 16.1 Å². The molecule has 43 heavy (non-hydrogen) atoms. The Labute approximate surface area is 252 Å². The maximum Gasteiger partial charge on any atom is 0.338 e. The van der Waals surface area contributed by atoms with Crippen molar-refractivity contribution in [1.82, 2.24) is 4.57 Å². The number of thiazole rings is 1. The number of hydrogen-bond acceptors (Lipinski definition) is 9. The molecule has 3 aromatic carbocycles. The van der Waals surface area contributed by atoms with Gasteiger partial charge in [-0.3, -0.25) is 9.36 Å². The van der Waals surface area contributed by atoms with Crippen molar-refractivity contribution in [3.8, 4) is 23.0 Å². The Morgan fingerprint density at radius 1 is 0.953 bits per heavy atom. The van der Waals surface area contributed by atoms with E-state index in [9.17, 15) is 9.59 Å². The van der Waals surface area contributed by atoms with Gasteiger partial charge in [0.1, 0.15) is 24.1 Å². The summed E-state index contributed by atoms with van der Waals surface area (Å²) in [5, 5.41) is 0. The van der Waals surface area contributed by atoms with Gasteiger partial charge in [-0.25, -0.2) is 9.79 Å². The zero-order chi connectivity index (χ0) is 30.5. The van der Waals surface area contributed by atoms with E-state index in [4.69, 9.17) is 23.7 Å². The summed E-state index contributed by atoms with van der Waals surface area (Å²) < 4.78 is 30.0. The van der Waals surface area contributed by atoms with Crippen LogP contribution in [0.4, 0.5) is 0 Å². The smallest absolute Gasteiger partial charge is 0.338 e. The first-order valence-corrected chi connectivity index (χ1v) is 14.5. The number of carbonyl (C=O) groups is 1. The molecule has 0 bridgehead atoms. The molecule has 0 amide bonds. The Morgan fingerprint density at radius 2 is 1.72 bits per heavy atom. The van der Waals surface area contributed by atoms with Crippen LogP contribution < -0.4 is 33.8 Å². The van der Waals surface area contributed by atoms with Crippen LogP contribution in [0, 0.1) is 0 Å². The molecular weight excluding hydrogens is 568 g/mol. The predicted octanol–water partition coefficient (Wildman–Crippen LogP) is 4.40. The SMILES string of the molecule is CCOC(=O)C1=C(C)N=c2s/c(=C/c3ccc(OCc4ccccc4)c(OC)c3)c(=O)n2C1c1ccc(OC)cc1OC. The minimum atomic E-state index is -0.818. The maximum atomic E-state index is 14.0. The largest absolute Gasteiger partial charge is 0.497 e. The van der Waals surface area contributed by atoms with Crippen molar-refractivity contribution in [1.29, 1.82) is 0 Å². The standard InChI is InChI=1S/C33H32N2O7S/c1-6-41-32(37)29-20(2)34-33-35(30(29)24-14-13-23(38-3)18-26(24)39-4)31(36)28(43-33)17-22-12-15-25(27(16-22)40-5)42-19-21-10-8-7-9-11-21/h7-18,30H,6,19H2,1-5H3/b28-17+. The van der Waals surface area contributed by atoms with Crippen LogP contribution in [0.25, 0.3) is 6.08 Å². The molecule has 0 N–H and O–H groups in total. The first-order valence-electron chi connectivity index (χ1n) is 13.6. The third kappa shape index (κ3) is 6.05. The van der Waals surface area contributed by atoms with E-state index in [1.807, 2.05) is 48.5 Å². The predicted molar refractivity (Wildman–Crippen MR) is 164 cm³/mol. The van der Waals surface area contributed by atoms with E-state index < -0.39 is 12.0 Å². The molecule has 222 valence electrons. The Morgan fingerprint density at radius 3 is 2.42 bits per heavy atom. The van der Waals surface area contributed by atoms with Crippen molar-refractivity contribution in [2.24, 2.45) is 4.99 Å². The van der Waals surface area contributed by atoms with Crippen molar-refractivity contribution < 1.29 is 28.5 Å². The maximum absolute atomic E-state index is 14.0. The number of ether oxygens (including phenoxy) is 5. The lowest BCUT2D eigenvalue weighted by Gasteiger charge is -2.26. The zero-order valence-corrected chi connectivity index (χ0v) is 25.4. The molecule has 1 atom stereocenters. The fraction of sp³-hybridized carbons (Fsp3) is 0.242. The summed E-state index contributed by atoms with van der Waals surface area (Å²) in [6.07, 6.45) is 1.78. The lowest BCUT2D eigenvalue weighted by atomic mass is 9.95. The highest BCUT2D eigenvalue weighted by molar-refractivity contribution is 7.07. The molecule has 1 aliphatic heterocycles. The molecule has 1 aliphatic rings. The third-order valence-electron chi connectivity index (χ3n) is 6.97. The van der Waals surface area contributed by atoms with Crippen LogP contribution in [0.1, 0.15) is 36.6 Å². The molecular formula is C33H32N2O7S. The Kier molecular flexibility index (Phi) is 8.96. The van der Waals surface area contributed by atoms with Crippen molar-refractivity contribution in [3.05, 3.63) is 114 Å². The van der Waals surface area contributed by atoms with Gasteiger partial charge in [-0.2, -0.15) is 0 Å². The van der Waals surface area contributed by atoms with Crippen molar-refractivity contribution in [2.75, 3.05) is 27.9 Å². The topological polar surface area (TPSA) is 97.6 Å². The second kappa shape index (κ2) is 13.0. The highest BCUT2D eigenvalue weighted by Crippen LogP contribution is 2.37. The quantitative estimate of drug-likeness (QED) is 0.249.